The largest absolute Gasteiger partial charge is 0.375 e. The van der Waals surface area contributed by atoms with Crippen molar-refractivity contribution < 1.29 is 13.3 Å². The Bertz CT molecular complexity index is 568. The van der Waals surface area contributed by atoms with Crippen molar-refractivity contribution in [3.63, 3.8) is 0 Å². The molecule has 1 aromatic rings. The molecule has 17 heavy (non-hydrogen) atoms. The number of thiophene rings is 1. The second kappa shape index (κ2) is 5.10. The lowest BCUT2D eigenvalue weighted by Crippen LogP contribution is -2.43. The molecule has 0 radical (unpaired) electrons. The highest BCUT2D eigenvalue weighted by molar-refractivity contribution is 7.91. The zero-order valence-electron chi connectivity index (χ0n) is 7.84. The molecule has 8 nitrogen and oxygen atoms in total. The molecule has 1 rings (SSSR count). The Kier molecular flexibility index (Phi) is 4.21. The zero-order chi connectivity index (χ0) is 13.2. The lowest BCUT2D eigenvalue weighted by atomic mass is 10.6. The molecule has 0 aliphatic heterocycles. The Morgan fingerprint density at radius 1 is 1.65 bits per heavy atom. The third kappa shape index (κ3) is 3.47. The fraction of sp³-hybridized carbons (Fsp3) is 0. The molecule has 0 aliphatic rings. The molecule has 0 unspecified atom stereocenters. The number of hydrogen-bond donors (Lipinski definition) is 3. The van der Waals surface area contributed by atoms with Crippen molar-refractivity contribution in [3.8, 4) is 0 Å². The van der Waals surface area contributed by atoms with Crippen LogP contribution in [0.4, 0.5) is 5.69 Å². The van der Waals surface area contributed by atoms with Crippen LogP contribution in [0.15, 0.2) is 10.3 Å². The third-order valence-corrected chi connectivity index (χ3v) is 4.58. The molecular weight excluding hydrogens is 312 g/mol. The summed E-state index contributed by atoms with van der Waals surface area (Å²) in [6.45, 7) is 0. The molecule has 0 spiro atoms. The van der Waals surface area contributed by atoms with Gasteiger partial charge >= 0.3 is 0 Å². The first-order valence-corrected chi connectivity index (χ1v) is 6.83. The number of hydrogen-bond acceptors (Lipinski definition) is 6. The van der Waals surface area contributed by atoms with Crippen LogP contribution in [0.25, 0.3) is 0 Å². The van der Waals surface area contributed by atoms with E-state index in [9.17, 15) is 18.5 Å². The topological polar surface area (TPSA) is 127 Å². The molecular formula is C5H5ClN4O4S3. The van der Waals surface area contributed by atoms with Gasteiger partial charge in [0, 0.05) is 6.07 Å². The maximum Gasteiger partial charge on any atom is 0.300 e. The molecule has 0 bridgehead atoms. The van der Waals surface area contributed by atoms with E-state index in [0.717, 1.165) is 6.07 Å². The van der Waals surface area contributed by atoms with Crippen molar-refractivity contribution in [1.82, 2.24) is 10.3 Å². The predicted molar refractivity (Wildman–Crippen MR) is 66.2 cm³/mol. The van der Waals surface area contributed by atoms with E-state index in [2.05, 4.69) is 12.2 Å². The average molecular weight is 317 g/mol. The summed E-state index contributed by atoms with van der Waals surface area (Å²) in [7, 11) is -3.99. The zero-order valence-corrected chi connectivity index (χ0v) is 11.0. The molecule has 0 amide bonds. The fourth-order valence-corrected chi connectivity index (χ4v) is 3.40. The summed E-state index contributed by atoms with van der Waals surface area (Å²) in [5.74, 6) is 0. The van der Waals surface area contributed by atoms with E-state index >= 15 is 0 Å². The van der Waals surface area contributed by atoms with Crippen LogP contribution >= 0.6 is 35.2 Å². The lowest BCUT2D eigenvalue weighted by Gasteiger charge is -2.04. The van der Waals surface area contributed by atoms with Gasteiger partial charge in [-0.05, 0) is 12.2 Å². The Balaban J connectivity index is 3.04. The second-order valence-corrected chi connectivity index (χ2v) is 6.58. The first kappa shape index (κ1) is 14.1. The molecule has 94 valence electrons. The van der Waals surface area contributed by atoms with Gasteiger partial charge < -0.3 is 5.73 Å². The van der Waals surface area contributed by atoms with E-state index in [1.54, 1.807) is 0 Å². The van der Waals surface area contributed by atoms with Crippen molar-refractivity contribution in [2.45, 2.75) is 4.21 Å². The quantitative estimate of drug-likeness (QED) is 0.415. The minimum absolute atomic E-state index is 0.231. The first-order valence-electron chi connectivity index (χ1n) is 3.75. The number of rotatable bonds is 4. The molecule has 1 heterocycles. The normalized spacial score (nSPS) is 11.1. The summed E-state index contributed by atoms with van der Waals surface area (Å²) >= 11 is 10.5. The van der Waals surface area contributed by atoms with Gasteiger partial charge in [0.1, 0.15) is 4.21 Å². The van der Waals surface area contributed by atoms with Crippen LogP contribution in [-0.4, -0.2) is 18.5 Å². The molecule has 12 heteroatoms. The summed E-state index contributed by atoms with van der Waals surface area (Å²) in [5.41, 5.74) is 6.55. The van der Waals surface area contributed by atoms with Gasteiger partial charge in [-0.25, -0.2) is 8.42 Å². The van der Waals surface area contributed by atoms with Gasteiger partial charge in [0.15, 0.2) is 9.45 Å². The van der Waals surface area contributed by atoms with Gasteiger partial charge in [0.2, 0.25) is 0 Å². The molecule has 0 atom stereocenters. The second-order valence-electron chi connectivity index (χ2n) is 2.58. The van der Waals surface area contributed by atoms with Crippen molar-refractivity contribution >= 4 is 56.0 Å². The minimum Gasteiger partial charge on any atom is -0.375 e. The highest BCUT2D eigenvalue weighted by Gasteiger charge is 2.25. The van der Waals surface area contributed by atoms with Gasteiger partial charge in [-0.15, -0.1) is 16.2 Å². The van der Waals surface area contributed by atoms with E-state index in [1.165, 1.54) is 0 Å². The maximum atomic E-state index is 11.6. The Labute approximate surface area is 110 Å². The van der Waals surface area contributed by atoms with E-state index in [0.29, 0.717) is 11.3 Å². The maximum absolute atomic E-state index is 11.6. The number of thiocarbonyl (C=S) groups is 1. The highest BCUT2D eigenvalue weighted by atomic mass is 35.5. The number of nitro groups is 1. The van der Waals surface area contributed by atoms with Crippen LogP contribution in [-0.2, 0) is 10.0 Å². The van der Waals surface area contributed by atoms with Crippen LogP contribution < -0.4 is 16.0 Å². The van der Waals surface area contributed by atoms with Crippen LogP contribution in [0, 0.1) is 10.1 Å². The Morgan fingerprint density at radius 3 is 2.65 bits per heavy atom. The summed E-state index contributed by atoms with van der Waals surface area (Å²) in [5, 5.41) is 10.2. The SMILES string of the molecule is NC(=S)NNS(=O)(=O)c1cc([N+](=O)[O-])c(Cl)s1. The molecule has 0 saturated heterocycles. The number of nitrogens with two attached hydrogens (primary N) is 1. The Hall–Kier alpha value is -1.01. The Morgan fingerprint density at radius 2 is 2.24 bits per heavy atom. The molecule has 0 saturated carbocycles. The van der Waals surface area contributed by atoms with Crippen LogP contribution in [0.1, 0.15) is 0 Å². The van der Waals surface area contributed by atoms with E-state index in [1.807, 2.05) is 10.3 Å². The van der Waals surface area contributed by atoms with Crippen molar-refractivity contribution in [2.75, 3.05) is 0 Å². The van der Waals surface area contributed by atoms with Crippen LogP contribution in [0.5, 0.6) is 0 Å². The molecule has 1 aromatic heterocycles. The summed E-state index contributed by atoms with van der Waals surface area (Å²) in [6.07, 6.45) is 0. The summed E-state index contributed by atoms with van der Waals surface area (Å²) in [6, 6.07) is 0.844. The number of hydrazine groups is 1. The minimum atomic E-state index is -3.99. The highest BCUT2D eigenvalue weighted by Crippen LogP contribution is 2.35. The fourth-order valence-electron chi connectivity index (χ4n) is 0.763. The monoisotopic (exact) mass is 316 g/mol. The van der Waals surface area contributed by atoms with E-state index in [4.69, 9.17) is 17.3 Å². The summed E-state index contributed by atoms with van der Waals surface area (Å²) in [4.78, 5) is 11.5. The van der Waals surface area contributed by atoms with Crippen LogP contribution in [0.2, 0.25) is 4.34 Å². The van der Waals surface area contributed by atoms with E-state index in [-0.39, 0.29) is 13.7 Å². The van der Waals surface area contributed by atoms with Crippen molar-refractivity contribution in [3.05, 3.63) is 20.5 Å². The van der Waals surface area contributed by atoms with Gasteiger partial charge in [-0.3, -0.25) is 15.5 Å². The number of nitrogens with one attached hydrogen (secondary N) is 2. The van der Waals surface area contributed by atoms with E-state index < -0.39 is 20.6 Å². The number of nitrogens with zero attached hydrogens (tertiary/aromatic N) is 1. The number of sulfonamides is 1. The van der Waals surface area contributed by atoms with Crippen LogP contribution in [0.3, 0.4) is 0 Å². The predicted octanol–water partition coefficient (Wildman–Crippen LogP) is 0.336. The average Bonchev–Trinajstić information content (AvgIpc) is 2.58. The van der Waals surface area contributed by atoms with Gasteiger partial charge in [0.05, 0.1) is 4.92 Å². The smallest absolute Gasteiger partial charge is 0.300 e. The molecule has 0 aromatic carbocycles. The van der Waals surface area contributed by atoms with Gasteiger partial charge in [0.25, 0.3) is 15.7 Å². The molecule has 4 N–H and O–H groups in total. The number of halogens is 1. The summed E-state index contributed by atoms with van der Waals surface area (Å²) < 4.78 is 22.6. The third-order valence-electron chi connectivity index (χ3n) is 1.42. The van der Waals surface area contributed by atoms with Gasteiger partial charge in [-0.1, -0.05) is 11.6 Å². The molecule has 0 aliphatic carbocycles. The molecule has 0 fully saturated rings. The van der Waals surface area contributed by atoms with Gasteiger partial charge in [-0.2, -0.15) is 0 Å². The lowest BCUT2D eigenvalue weighted by molar-refractivity contribution is -0.384. The van der Waals surface area contributed by atoms with Crippen molar-refractivity contribution in [1.29, 1.82) is 0 Å². The first-order chi connectivity index (χ1) is 7.74. The van der Waals surface area contributed by atoms with Crippen molar-refractivity contribution in [2.24, 2.45) is 5.73 Å². The standard InChI is InChI=1S/C5H5ClN4O4S3/c6-4-2(10(11)12)1-3(16-4)17(13,14)9-8-5(7)15/h1,9H,(H3,7,8,15).